The predicted molar refractivity (Wildman–Crippen MR) is 90.6 cm³/mol. The van der Waals surface area contributed by atoms with Crippen LogP contribution in [-0.2, 0) is 13.1 Å². The van der Waals surface area contributed by atoms with Crippen molar-refractivity contribution >= 4 is 23.2 Å². The minimum Gasteiger partial charge on any atom is -0.318 e. The van der Waals surface area contributed by atoms with Crippen LogP contribution in [0.3, 0.4) is 0 Å². The van der Waals surface area contributed by atoms with E-state index in [2.05, 4.69) is 16.4 Å². The quantitative estimate of drug-likeness (QED) is 0.747. The second-order valence-corrected chi connectivity index (χ2v) is 5.65. The summed E-state index contributed by atoms with van der Waals surface area (Å²) < 4.78 is 2.04. The molecule has 0 radical (unpaired) electrons. The van der Waals surface area contributed by atoms with Gasteiger partial charge in [0.25, 0.3) is 0 Å². The number of pyridine rings is 1. The Morgan fingerprint density at radius 1 is 0.955 bits per heavy atom. The van der Waals surface area contributed by atoms with Crippen LogP contribution in [-0.4, -0.2) is 9.55 Å². The fourth-order valence-electron chi connectivity index (χ4n) is 2.30. The van der Waals surface area contributed by atoms with Crippen LogP contribution < -0.4 is 5.32 Å². The monoisotopic (exact) mass is 331 g/mol. The van der Waals surface area contributed by atoms with Gasteiger partial charge in [0.05, 0.1) is 21.4 Å². The molecule has 3 rings (SSSR count). The van der Waals surface area contributed by atoms with E-state index in [9.17, 15) is 0 Å². The fourth-order valence-corrected chi connectivity index (χ4v) is 2.68. The van der Waals surface area contributed by atoms with Gasteiger partial charge in [0, 0.05) is 31.2 Å². The van der Waals surface area contributed by atoms with Crippen LogP contribution in [0.25, 0.3) is 5.69 Å². The molecule has 3 aromatic rings. The minimum absolute atomic E-state index is 0.556. The van der Waals surface area contributed by atoms with Gasteiger partial charge in [0.2, 0.25) is 0 Å². The van der Waals surface area contributed by atoms with Gasteiger partial charge in [-0.25, -0.2) is 0 Å². The number of benzene rings is 1. The molecule has 0 bridgehead atoms. The summed E-state index contributed by atoms with van der Waals surface area (Å²) in [6.45, 7) is 1.43. The van der Waals surface area contributed by atoms with Crippen molar-refractivity contribution in [2.75, 3.05) is 0 Å². The van der Waals surface area contributed by atoms with E-state index in [0.717, 1.165) is 23.6 Å². The number of nitrogens with zero attached hydrogens (tertiary/aromatic N) is 2. The van der Waals surface area contributed by atoms with Crippen molar-refractivity contribution < 1.29 is 0 Å². The van der Waals surface area contributed by atoms with Gasteiger partial charge in [0.15, 0.2) is 0 Å². The van der Waals surface area contributed by atoms with Gasteiger partial charge in [-0.05, 0) is 36.4 Å². The first-order chi connectivity index (χ1) is 10.8. The zero-order valence-electron chi connectivity index (χ0n) is 11.8. The fraction of sp³-hybridized carbons (Fsp3) is 0.118. The van der Waals surface area contributed by atoms with Crippen LogP contribution in [0.15, 0.2) is 60.9 Å². The molecule has 112 valence electrons. The summed E-state index contributed by atoms with van der Waals surface area (Å²) in [6, 6.07) is 15.6. The average molecular weight is 332 g/mol. The Hall–Kier alpha value is -1.81. The molecular formula is C17H15Cl2N3. The Labute approximate surface area is 139 Å². The summed E-state index contributed by atoms with van der Waals surface area (Å²) in [5.41, 5.74) is 3.01. The first-order valence-corrected chi connectivity index (χ1v) is 7.72. The van der Waals surface area contributed by atoms with Crippen LogP contribution in [0, 0.1) is 0 Å². The van der Waals surface area contributed by atoms with Gasteiger partial charge in [-0.15, -0.1) is 0 Å². The van der Waals surface area contributed by atoms with E-state index in [1.807, 2.05) is 47.2 Å². The first-order valence-electron chi connectivity index (χ1n) is 6.97. The SMILES string of the molecule is Clc1cccc(-n2cccc2CNCc2ccccn2)c1Cl. The van der Waals surface area contributed by atoms with Gasteiger partial charge < -0.3 is 9.88 Å². The van der Waals surface area contributed by atoms with Crippen molar-refractivity contribution in [2.24, 2.45) is 0 Å². The number of hydrogen-bond donors (Lipinski definition) is 1. The maximum atomic E-state index is 6.30. The second kappa shape index (κ2) is 6.97. The van der Waals surface area contributed by atoms with Gasteiger partial charge >= 0.3 is 0 Å². The van der Waals surface area contributed by atoms with Gasteiger partial charge in [-0.2, -0.15) is 0 Å². The lowest BCUT2D eigenvalue weighted by Crippen LogP contribution is -2.16. The van der Waals surface area contributed by atoms with Gasteiger partial charge in [-0.3, -0.25) is 4.98 Å². The molecule has 3 nitrogen and oxygen atoms in total. The highest BCUT2D eigenvalue weighted by atomic mass is 35.5. The van der Waals surface area contributed by atoms with Crippen molar-refractivity contribution in [3.8, 4) is 5.69 Å². The van der Waals surface area contributed by atoms with E-state index in [1.165, 1.54) is 0 Å². The molecular weight excluding hydrogens is 317 g/mol. The van der Waals surface area contributed by atoms with E-state index in [4.69, 9.17) is 23.2 Å². The summed E-state index contributed by atoms with van der Waals surface area (Å²) >= 11 is 12.4. The zero-order valence-corrected chi connectivity index (χ0v) is 13.3. The van der Waals surface area contributed by atoms with Crippen LogP contribution in [0.4, 0.5) is 0 Å². The van der Waals surface area contributed by atoms with Gasteiger partial charge in [0.1, 0.15) is 0 Å². The minimum atomic E-state index is 0.556. The highest BCUT2D eigenvalue weighted by Crippen LogP contribution is 2.29. The molecule has 2 aromatic heterocycles. The zero-order chi connectivity index (χ0) is 15.4. The summed E-state index contributed by atoms with van der Waals surface area (Å²) in [4.78, 5) is 4.30. The average Bonchev–Trinajstić information content (AvgIpc) is 2.99. The molecule has 0 unspecified atom stereocenters. The normalized spacial score (nSPS) is 10.8. The van der Waals surface area contributed by atoms with Gasteiger partial charge in [-0.1, -0.05) is 35.3 Å². The van der Waals surface area contributed by atoms with Crippen molar-refractivity contribution in [3.05, 3.63) is 82.4 Å². The van der Waals surface area contributed by atoms with Crippen molar-refractivity contribution in [1.82, 2.24) is 14.9 Å². The number of hydrogen-bond acceptors (Lipinski definition) is 2. The summed E-state index contributed by atoms with van der Waals surface area (Å²) in [6.07, 6.45) is 3.78. The van der Waals surface area contributed by atoms with Crippen LogP contribution in [0.2, 0.25) is 10.0 Å². The number of halogens is 2. The molecule has 0 amide bonds. The van der Waals surface area contributed by atoms with Crippen molar-refractivity contribution in [3.63, 3.8) is 0 Å². The van der Waals surface area contributed by atoms with E-state index < -0.39 is 0 Å². The van der Waals surface area contributed by atoms with E-state index in [0.29, 0.717) is 16.6 Å². The predicted octanol–water partition coefficient (Wildman–Crippen LogP) is 4.47. The smallest absolute Gasteiger partial charge is 0.0832 e. The number of rotatable bonds is 5. The molecule has 1 aromatic carbocycles. The molecule has 0 saturated heterocycles. The summed E-state index contributed by atoms with van der Waals surface area (Å²) in [5.74, 6) is 0. The summed E-state index contributed by atoms with van der Waals surface area (Å²) in [5, 5.41) is 4.51. The lowest BCUT2D eigenvalue weighted by Gasteiger charge is -2.12. The molecule has 0 fully saturated rings. The Balaban J connectivity index is 1.74. The molecule has 22 heavy (non-hydrogen) atoms. The Kier molecular flexibility index (Phi) is 4.78. The maximum Gasteiger partial charge on any atom is 0.0832 e. The molecule has 0 saturated carbocycles. The Bertz CT molecular complexity index is 754. The molecule has 0 aliphatic carbocycles. The maximum absolute atomic E-state index is 6.30. The second-order valence-electron chi connectivity index (χ2n) is 4.87. The third kappa shape index (κ3) is 3.33. The van der Waals surface area contributed by atoms with Crippen molar-refractivity contribution in [2.45, 2.75) is 13.1 Å². The third-order valence-electron chi connectivity index (χ3n) is 3.36. The molecule has 0 spiro atoms. The lowest BCUT2D eigenvalue weighted by atomic mass is 10.3. The first kappa shape index (κ1) is 15.1. The van der Waals surface area contributed by atoms with Crippen LogP contribution in [0.5, 0.6) is 0 Å². The van der Waals surface area contributed by atoms with E-state index in [-0.39, 0.29) is 0 Å². The van der Waals surface area contributed by atoms with E-state index >= 15 is 0 Å². The highest BCUT2D eigenvalue weighted by Gasteiger charge is 2.09. The molecule has 5 heteroatoms. The summed E-state index contributed by atoms with van der Waals surface area (Å²) in [7, 11) is 0. The van der Waals surface area contributed by atoms with Crippen molar-refractivity contribution in [1.29, 1.82) is 0 Å². The molecule has 2 heterocycles. The third-order valence-corrected chi connectivity index (χ3v) is 4.17. The number of aromatic nitrogens is 2. The Morgan fingerprint density at radius 3 is 2.68 bits per heavy atom. The number of nitrogens with one attached hydrogen (secondary N) is 1. The van der Waals surface area contributed by atoms with Crippen LogP contribution in [0.1, 0.15) is 11.4 Å². The molecule has 0 aliphatic heterocycles. The standard InChI is InChI=1S/C17H15Cl2N3/c18-15-7-3-8-16(17(15)19)22-10-4-6-14(22)12-20-11-13-5-1-2-9-21-13/h1-10,20H,11-12H2. The topological polar surface area (TPSA) is 29.9 Å². The Morgan fingerprint density at radius 2 is 1.86 bits per heavy atom. The van der Waals surface area contributed by atoms with E-state index in [1.54, 1.807) is 12.3 Å². The lowest BCUT2D eigenvalue weighted by molar-refractivity contribution is 0.658. The highest BCUT2D eigenvalue weighted by molar-refractivity contribution is 6.43. The molecule has 1 N–H and O–H groups in total. The molecule has 0 aliphatic rings. The molecule has 0 atom stereocenters. The largest absolute Gasteiger partial charge is 0.318 e. The van der Waals surface area contributed by atoms with Crippen LogP contribution >= 0.6 is 23.2 Å².